The molecule has 1 aliphatic rings. The van der Waals surface area contributed by atoms with Gasteiger partial charge in [-0.25, -0.2) is 4.39 Å². The first kappa shape index (κ1) is 26.3. The van der Waals surface area contributed by atoms with Crippen molar-refractivity contribution in [3.63, 3.8) is 0 Å². The van der Waals surface area contributed by atoms with E-state index in [0.717, 1.165) is 12.1 Å². The summed E-state index contributed by atoms with van der Waals surface area (Å²) in [4.78, 5) is 37.9. The molecule has 2 aromatic carbocycles. The summed E-state index contributed by atoms with van der Waals surface area (Å²) in [7, 11) is 0. The van der Waals surface area contributed by atoms with Crippen molar-refractivity contribution in [3.05, 3.63) is 70.5 Å². The number of carbonyl (C=O) groups excluding carboxylic acids is 3. The first-order chi connectivity index (χ1) is 17.0. The molecule has 1 heterocycles. The Hall–Kier alpha value is -4.31. The van der Waals surface area contributed by atoms with E-state index >= 15 is 0 Å². The van der Waals surface area contributed by atoms with Gasteiger partial charge in [-0.3, -0.25) is 19.8 Å². The zero-order chi connectivity index (χ0) is 26.5. The Balaban J connectivity index is 1.63. The summed E-state index contributed by atoms with van der Waals surface area (Å²) in [5, 5.41) is 20.6. The van der Waals surface area contributed by atoms with Gasteiger partial charge < -0.3 is 20.3 Å². The Labute approximate surface area is 202 Å². The number of nitriles is 1. The molecule has 13 heteroatoms. The summed E-state index contributed by atoms with van der Waals surface area (Å²) in [5.41, 5.74) is 0.0481. The minimum absolute atomic E-state index is 0.00837. The van der Waals surface area contributed by atoms with Gasteiger partial charge in [0.2, 0.25) is 0 Å². The van der Waals surface area contributed by atoms with Crippen LogP contribution < -0.4 is 10.6 Å². The van der Waals surface area contributed by atoms with Crippen LogP contribution in [0.25, 0.3) is 0 Å². The van der Waals surface area contributed by atoms with Crippen molar-refractivity contribution in [3.8, 4) is 6.07 Å². The van der Waals surface area contributed by atoms with E-state index in [1.165, 1.54) is 40.5 Å². The number of nitrogens with one attached hydrogen (secondary N) is 3. The van der Waals surface area contributed by atoms with E-state index in [0.29, 0.717) is 0 Å². The first-order valence-corrected chi connectivity index (χ1v) is 10.4. The van der Waals surface area contributed by atoms with Gasteiger partial charge in [0.15, 0.2) is 0 Å². The van der Waals surface area contributed by atoms with Gasteiger partial charge in [0, 0.05) is 29.8 Å². The smallest absolute Gasteiger partial charge is 0.377 e. The van der Waals surface area contributed by atoms with Crippen LogP contribution in [0.5, 0.6) is 0 Å². The average Bonchev–Trinajstić information content (AvgIpc) is 2.86. The second kappa shape index (κ2) is 11.0. The largest absolute Gasteiger partial charge is 0.471 e. The number of alkyl halides is 3. The van der Waals surface area contributed by atoms with Crippen molar-refractivity contribution in [2.45, 2.75) is 12.2 Å². The van der Waals surface area contributed by atoms with Gasteiger partial charge >= 0.3 is 12.1 Å². The lowest BCUT2D eigenvalue weighted by Crippen LogP contribution is -2.53. The van der Waals surface area contributed by atoms with Crippen LogP contribution in [0, 0.1) is 22.6 Å². The fourth-order valence-corrected chi connectivity index (χ4v) is 3.39. The molecule has 0 spiro atoms. The SMILES string of the molecule is N#Cc1cc(F)cc(C(=O)N2CCOCC2CNC(=O)c2ccc(C(=N)NC(=O)C(F)(F)F)cc2)c1. The predicted octanol–water partition coefficient (Wildman–Crippen LogP) is 1.97. The fourth-order valence-electron chi connectivity index (χ4n) is 3.39. The van der Waals surface area contributed by atoms with Crippen molar-refractivity contribution in [1.29, 1.82) is 10.7 Å². The van der Waals surface area contributed by atoms with Crippen LogP contribution in [-0.4, -0.2) is 67.0 Å². The third-order valence-corrected chi connectivity index (χ3v) is 5.19. The molecule has 1 atom stereocenters. The molecular weight excluding hydrogens is 486 g/mol. The molecule has 1 saturated heterocycles. The number of nitrogens with zero attached hydrogens (tertiary/aromatic N) is 2. The van der Waals surface area contributed by atoms with Crippen molar-refractivity contribution >= 4 is 23.6 Å². The van der Waals surface area contributed by atoms with Crippen LogP contribution in [0.3, 0.4) is 0 Å². The van der Waals surface area contributed by atoms with Crippen LogP contribution >= 0.6 is 0 Å². The molecule has 0 saturated carbocycles. The molecule has 1 aliphatic heterocycles. The molecule has 9 nitrogen and oxygen atoms in total. The summed E-state index contributed by atoms with van der Waals surface area (Å²) in [6, 6.07) is 9.41. The molecule has 1 unspecified atom stereocenters. The van der Waals surface area contributed by atoms with Gasteiger partial charge in [-0.15, -0.1) is 0 Å². The minimum atomic E-state index is -5.14. The molecule has 36 heavy (non-hydrogen) atoms. The Kier molecular flexibility index (Phi) is 8.00. The fraction of sp³-hybridized carbons (Fsp3) is 0.261. The van der Waals surface area contributed by atoms with E-state index < -0.39 is 41.6 Å². The molecule has 3 N–H and O–H groups in total. The van der Waals surface area contributed by atoms with E-state index in [4.69, 9.17) is 15.4 Å². The second-order valence-electron chi connectivity index (χ2n) is 7.68. The van der Waals surface area contributed by atoms with Crippen LogP contribution in [0.2, 0.25) is 0 Å². The maximum atomic E-state index is 13.8. The van der Waals surface area contributed by atoms with Gasteiger partial charge in [0.1, 0.15) is 11.7 Å². The van der Waals surface area contributed by atoms with E-state index in [-0.39, 0.29) is 48.6 Å². The normalized spacial score (nSPS) is 15.5. The highest BCUT2D eigenvalue weighted by atomic mass is 19.4. The minimum Gasteiger partial charge on any atom is -0.377 e. The molecule has 3 amide bonds. The number of benzene rings is 2. The van der Waals surface area contributed by atoms with Gasteiger partial charge in [-0.05, 0) is 30.3 Å². The highest BCUT2D eigenvalue weighted by Gasteiger charge is 2.39. The van der Waals surface area contributed by atoms with Gasteiger partial charge in [-0.2, -0.15) is 18.4 Å². The van der Waals surface area contributed by atoms with E-state index in [1.54, 1.807) is 6.07 Å². The Bertz CT molecular complexity index is 1220. The third-order valence-electron chi connectivity index (χ3n) is 5.19. The van der Waals surface area contributed by atoms with Gasteiger partial charge in [0.25, 0.3) is 11.8 Å². The summed E-state index contributed by atoms with van der Waals surface area (Å²) in [6.45, 7) is 0.485. The lowest BCUT2D eigenvalue weighted by molar-refractivity contribution is -0.171. The topological polar surface area (TPSA) is 135 Å². The third kappa shape index (κ3) is 6.42. The molecule has 3 rings (SSSR count). The molecule has 188 valence electrons. The average molecular weight is 505 g/mol. The van der Waals surface area contributed by atoms with Gasteiger partial charge in [-0.1, -0.05) is 12.1 Å². The second-order valence-corrected chi connectivity index (χ2v) is 7.68. The predicted molar refractivity (Wildman–Crippen MR) is 117 cm³/mol. The standard InChI is InChI=1S/C23H19F4N5O4/c24-17-8-13(10-28)7-16(9-17)21(34)32-5-6-36-12-18(32)11-30-20(33)15-3-1-14(2-4-15)19(29)31-22(35)23(25,26)27/h1-4,7-9,18H,5-6,11-12H2,(H,30,33)(H2,29,31,35). The lowest BCUT2D eigenvalue weighted by atomic mass is 10.1. The number of carbonyl (C=O) groups is 3. The van der Waals surface area contributed by atoms with Gasteiger partial charge in [0.05, 0.1) is 30.9 Å². The summed E-state index contributed by atoms with van der Waals surface area (Å²) >= 11 is 0. The van der Waals surface area contributed by atoms with E-state index in [9.17, 15) is 31.9 Å². The highest BCUT2D eigenvalue weighted by Crippen LogP contribution is 2.17. The first-order valence-electron chi connectivity index (χ1n) is 10.4. The van der Waals surface area contributed by atoms with Crippen molar-refractivity contribution < 1.29 is 36.7 Å². The monoisotopic (exact) mass is 505 g/mol. The summed E-state index contributed by atoms with van der Waals surface area (Å²) < 4.78 is 56.2. The molecular formula is C23H19F4N5O4. The van der Waals surface area contributed by atoms with Crippen molar-refractivity contribution in [1.82, 2.24) is 15.5 Å². The summed E-state index contributed by atoms with van der Waals surface area (Å²) in [6.07, 6.45) is -5.14. The maximum Gasteiger partial charge on any atom is 0.471 e. The van der Waals surface area contributed by atoms with Crippen LogP contribution in [0.1, 0.15) is 31.8 Å². The van der Waals surface area contributed by atoms with Crippen molar-refractivity contribution in [2.24, 2.45) is 0 Å². The van der Waals surface area contributed by atoms with Crippen LogP contribution in [0.4, 0.5) is 17.6 Å². The number of rotatable bonds is 5. The lowest BCUT2D eigenvalue weighted by Gasteiger charge is -2.35. The highest BCUT2D eigenvalue weighted by molar-refractivity contribution is 6.08. The number of halogens is 4. The summed E-state index contributed by atoms with van der Waals surface area (Å²) in [5.74, 6) is -4.90. The molecule has 0 aromatic heterocycles. The van der Waals surface area contributed by atoms with E-state index in [2.05, 4.69) is 5.32 Å². The van der Waals surface area contributed by atoms with E-state index in [1.807, 2.05) is 0 Å². The van der Waals surface area contributed by atoms with Crippen LogP contribution in [-0.2, 0) is 9.53 Å². The number of amidine groups is 1. The Morgan fingerprint density at radius 2 is 1.78 bits per heavy atom. The molecule has 0 radical (unpaired) electrons. The number of morpholine rings is 1. The quantitative estimate of drug-likeness (QED) is 0.324. The zero-order valence-corrected chi connectivity index (χ0v) is 18.5. The Morgan fingerprint density at radius 1 is 1.11 bits per heavy atom. The Morgan fingerprint density at radius 3 is 2.42 bits per heavy atom. The number of hydrogen-bond acceptors (Lipinski definition) is 6. The maximum absolute atomic E-state index is 13.8. The number of hydrogen-bond donors (Lipinski definition) is 3. The number of ether oxygens (including phenoxy) is 1. The molecule has 2 aromatic rings. The van der Waals surface area contributed by atoms with Crippen molar-refractivity contribution in [2.75, 3.05) is 26.3 Å². The molecule has 0 bridgehead atoms. The zero-order valence-electron chi connectivity index (χ0n) is 18.5. The van der Waals surface area contributed by atoms with Crippen LogP contribution in [0.15, 0.2) is 42.5 Å². The molecule has 0 aliphatic carbocycles. The number of amides is 3. The molecule has 1 fully saturated rings.